The zero-order chi connectivity index (χ0) is 14.5. The molecule has 0 radical (unpaired) electrons. The van der Waals surface area contributed by atoms with Crippen LogP contribution < -0.4 is 10.5 Å². The minimum absolute atomic E-state index is 0.0103. The van der Waals surface area contributed by atoms with E-state index in [1.807, 2.05) is 4.90 Å². The van der Waals surface area contributed by atoms with Gasteiger partial charge in [-0.25, -0.2) is 0 Å². The summed E-state index contributed by atoms with van der Waals surface area (Å²) in [7, 11) is 0. The van der Waals surface area contributed by atoms with Crippen LogP contribution in [0.5, 0.6) is 5.75 Å². The van der Waals surface area contributed by atoms with E-state index in [4.69, 9.17) is 10.5 Å². The third-order valence-corrected chi connectivity index (χ3v) is 3.62. The molecule has 0 saturated carbocycles. The van der Waals surface area contributed by atoms with Crippen LogP contribution in [0.2, 0.25) is 0 Å². The molecule has 1 heterocycles. The molecule has 0 spiro atoms. The summed E-state index contributed by atoms with van der Waals surface area (Å²) < 4.78 is 5.46. The van der Waals surface area contributed by atoms with Crippen molar-refractivity contribution >= 4 is 11.8 Å². The lowest BCUT2D eigenvalue weighted by atomic mass is 10.0. The Hall–Kier alpha value is -2.04. The first-order valence-corrected chi connectivity index (χ1v) is 6.90. The summed E-state index contributed by atoms with van der Waals surface area (Å²) >= 11 is 0. The van der Waals surface area contributed by atoms with Crippen molar-refractivity contribution in [1.29, 1.82) is 0 Å². The van der Waals surface area contributed by atoms with Crippen LogP contribution in [0.1, 0.15) is 36.5 Å². The summed E-state index contributed by atoms with van der Waals surface area (Å²) in [6.07, 6.45) is 3.29. The lowest BCUT2D eigenvalue weighted by Crippen LogP contribution is -2.44. The monoisotopic (exact) mass is 276 g/mol. The zero-order valence-electron chi connectivity index (χ0n) is 11.7. The highest BCUT2D eigenvalue weighted by molar-refractivity contribution is 5.92. The van der Waals surface area contributed by atoms with Gasteiger partial charge in [-0.05, 0) is 50.5 Å². The maximum Gasteiger partial charge on any atom is 0.260 e. The minimum atomic E-state index is -0.477. The van der Waals surface area contributed by atoms with Gasteiger partial charge >= 0.3 is 0 Å². The van der Waals surface area contributed by atoms with Crippen molar-refractivity contribution in [2.75, 3.05) is 13.2 Å². The number of hydrogen-bond acceptors (Lipinski definition) is 3. The van der Waals surface area contributed by atoms with Crippen LogP contribution in [0.3, 0.4) is 0 Å². The fourth-order valence-electron chi connectivity index (χ4n) is 2.41. The summed E-state index contributed by atoms with van der Waals surface area (Å²) in [6.45, 7) is 2.91. The van der Waals surface area contributed by atoms with Gasteiger partial charge in [0, 0.05) is 18.2 Å². The molecule has 5 nitrogen and oxygen atoms in total. The fraction of sp³-hybridized carbons (Fsp3) is 0.467. The van der Waals surface area contributed by atoms with E-state index in [0.717, 1.165) is 19.4 Å². The van der Waals surface area contributed by atoms with Gasteiger partial charge in [-0.1, -0.05) is 0 Å². The molecule has 2 N–H and O–H groups in total. The SMILES string of the molecule is C[C@H]1CCCCN1C(=O)COc1ccc(C(N)=O)cc1. The molecule has 1 fully saturated rings. The summed E-state index contributed by atoms with van der Waals surface area (Å²) in [6, 6.07) is 6.76. The lowest BCUT2D eigenvalue weighted by molar-refractivity contribution is -0.136. The third-order valence-electron chi connectivity index (χ3n) is 3.62. The van der Waals surface area contributed by atoms with Crippen molar-refractivity contribution in [3.8, 4) is 5.75 Å². The Bertz CT molecular complexity index is 484. The Morgan fingerprint density at radius 2 is 2.00 bits per heavy atom. The summed E-state index contributed by atoms with van der Waals surface area (Å²) in [4.78, 5) is 24.9. The van der Waals surface area contributed by atoms with Crippen molar-refractivity contribution in [2.24, 2.45) is 5.73 Å². The molecule has 1 aromatic carbocycles. The molecular formula is C15H20N2O3. The molecule has 1 aliphatic heterocycles. The van der Waals surface area contributed by atoms with Crippen molar-refractivity contribution in [2.45, 2.75) is 32.2 Å². The Labute approximate surface area is 118 Å². The van der Waals surface area contributed by atoms with Gasteiger partial charge < -0.3 is 15.4 Å². The topological polar surface area (TPSA) is 72.6 Å². The van der Waals surface area contributed by atoms with Gasteiger partial charge in [0.25, 0.3) is 5.91 Å². The number of nitrogens with zero attached hydrogens (tertiary/aromatic N) is 1. The van der Waals surface area contributed by atoms with Crippen LogP contribution in [-0.4, -0.2) is 35.9 Å². The summed E-state index contributed by atoms with van der Waals surface area (Å²) in [5, 5.41) is 0. The van der Waals surface area contributed by atoms with Gasteiger partial charge in [0.2, 0.25) is 5.91 Å². The predicted molar refractivity (Wildman–Crippen MR) is 75.5 cm³/mol. The van der Waals surface area contributed by atoms with Gasteiger partial charge in [0.1, 0.15) is 5.75 Å². The second-order valence-corrected chi connectivity index (χ2v) is 5.11. The average Bonchev–Trinajstić information content (AvgIpc) is 2.45. The molecule has 2 amide bonds. The van der Waals surface area contributed by atoms with Gasteiger partial charge in [0.05, 0.1) is 0 Å². The molecule has 108 valence electrons. The highest BCUT2D eigenvalue weighted by Crippen LogP contribution is 2.17. The van der Waals surface area contributed by atoms with E-state index in [1.54, 1.807) is 24.3 Å². The van der Waals surface area contributed by atoms with Crippen molar-refractivity contribution in [1.82, 2.24) is 4.90 Å². The number of primary amides is 1. The second kappa shape index (κ2) is 6.41. The highest BCUT2D eigenvalue weighted by Gasteiger charge is 2.23. The molecule has 0 bridgehead atoms. The normalized spacial score (nSPS) is 18.6. The molecule has 0 aliphatic carbocycles. The lowest BCUT2D eigenvalue weighted by Gasteiger charge is -2.33. The van der Waals surface area contributed by atoms with E-state index in [9.17, 15) is 9.59 Å². The zero-order valence-corrected chi connectivity index (χ0v) is 11.7. The molecular weight excluding hydrogens is 256 g/mol. The molecule has 20 heavy (non-hydrogen) atoms. The van der Waals surface area contributed by atoms with Crippen LogP contribution in [0, 0.1) is 0 Å². The van der Waals surface area contributed by atoms with Crippen LogP contribution in [0.25, 0.3) is 0 Å². The number of carbonyl (C=O) groups is 2. The number of ether oxygens (including phenoxy) is 1. The molecule has 0 aromatic heterocycles. The number of piperidine rings is 1. The average molecular weight is 276 g/mol. The quantitative estimate of drug-likeness (QED) is 0.907. The number of benzene rings is 1. The van der Waals surface area contributed by atoms with Crippen molar-refractivity contribution in [3.05, 3.63) is 29.8 Å². The number of nitrogens with two attached hydrogens (primary N) is 1. The first-order valence-electron chi connectivity index (χ1n) is 6.90. The molecule has 1 aromatic rings. The van der Waals surface area contributed by atoms with E-state index < -0.39 is 5.91 Å². The van der Waals surface area contributed by atoms with Gasteiger partial charge in [-0.2, -0.15) is 0 Å². The van der Waals surface area contributed by atoms with Crippen LogP contribution in [0.15, 0.2) is 24.3 Å². The minimum Gasteiger partial charge on any atom is -0.484 e. The molecule has 2 rings (SSSR count). The Kier molecular flexibility index (Phi) is 4.61. The third kappa shape index (κ3) is 3.50. The standard InChI is InChI=1S/C15H20N2O3/c1-11-4-2-3-9-17(11)14(18)10-20-13-7-5-12(6-8-13)15(16)19/h5-8,11H,2-4,9-10H2,1H3,(H2,16,19)/t11-/m0/s1. The molecule has 5 heteroatoms. The number of carbonyl (C=O) groups excluding carboxylic acids is 2. The van der Waals surface area contributed by atoms with Crippen LogP contribution in [0.4, 0.5) is 0 Å². The highest BCUT2D eigenvalue weighted by atomic mass is 16.5. The van der Waals surface area contributed by atoms with E-state index in [1.165, 1.54) is 6.42 Å². The van der Waals surface area contributed by atoms with Gasteiger partial charge in [-0.3, -0.25) is 9.59 Å². The number of likely N-dealkylation sites (tertiary alicyclic amines) is 1. The Morgan fingerprint density at radius 1 is 1.30 bits per heavy atom. The molecule has 1 atom stereocenters. The maximum atomic E-state index is 12.1. The van der Waals surface area contributed by atoms with Gasteiger partial charge in [-0.15, -0.1) is 0 Å². The van der Waals surface area contributed by atoms with Crippen LogP contribution in [-0.2, 0) is 4.79 Å². The Balaban J connectivity index is 1.88. The second-order valence-electron chi connectivity index (χ2n) is 5.11. The predicted octanol–water partition coefficient (Wildman–Crippen LogP) is 1.57. The van der Waals surface area contributed by atoms with Crippen molar-refractivity contribution in [3.63, 3.8) is 0 Å². The number of amides is 2. The first kappa shape index (κ1) is 14.4. The first-order chi connectivity index (χ1) is 9.58. The molecule has 1 aliphatic rings. The van der Waals surface area contributed by atoms with E-state index in [2.05, 4.69) is 6.92 Å². The smallest absolute Gasteiger partial charge is 0.260 e. The summed E-state index contributed by atoms with van der Waals surface area (Å²) in [5.41, 5.74) is 5.58. The number of hydrogen-bond donors (Lipinski definition) is 1. The largest absolute Gasteiger partial charge is 0.484 e. The summed E-state index contributed by atoms with van der Waals surface area (Å²) in [5.74, 6) is 0.0963. The van der Waals surface area contributed by atoms with Gasteiger partial charge in [0.15, 0.2) is 6.61 Å². The maximum absolute atomic E-state index is 12.1. The Morgan fingerprint density at radius 3 is 2.60 bits per heavy atom. The molecule has 1 saturated heterocycles. The van der Waals surface area contributed by atoms with E-state index >= 15 is 0 Å². The van der Waals surface area contributed by atoms with E-state index in [-0.39, 0.29) is 18.6 Å². The molecule has 0 unspecified atom stereocenters. The van der Waals surface area contributed by atoms with Crippen LogP contribution >= 0.6 is 0 Å². The van der Waals surface area contributed by atoms with Crippen molar-refractivity contribution < 1.29 is 14.3 Å². The van der Waals surface area contributed by atoms with E-state index in [0.29, 0.717) is 11.3 Å². The fourth-order valence-corrected chi connectivity index (χ4v) is 2.41. The number of rotatable bonds is 4.